The number of urea groups is 1. The van der Waals surface area contributed by atoms with Crippen LogP contribution in [0, 0.1) is 0 Å². The highest BCUT2D eigenvalue weighted by atomic mass is 16.5. The van der Waals surface area contributed by atoms with Gasteiger partial charge in [0.1, 0.15) is 6.54 Å². The maximum atomic E-state index is 13.8. The van der Waals surface area contributed by atoms with E-state index in [-0.39, 0.29) is 24.5 Å². The predicted molar refractivity (Wildman–Crippen MR) is 151 cm³/mol. The van der Waals surface area contributed by atoms with Crippen molar-refractivity contribution in [2.45, 2.75) is 52.1 Å². The number of ether oxygens (including phenoxy) is 2. The first-order valence-electron chi connectivity index (χ1n) is 13.5. The van der Waals surface area contributed by atoms with Crippen molar-refractivity contribution in [2.24, 2.45) is 0 Å². The Hall–Kier alpha value is -3.68. The lowest BCUT2D eigenvalue weighted by Gasteiger charge is -2.39. The van der Waals surface area contributed by atoms with Gasteiger partial charge in [-0.3, -0.25) is 9.69 Å². The predicted octanol–water partition coefficient (Wildman–Crippen LogP) is 5.70. The molecule has 8 heteroatoms. The van der Waals surface area contributed by atoms with Gasteiger partial charge < -0.3 is 23.8 Å². The minimum Gasteiger partial charge on any atom is -0.493 e. The SMILES string of the molecule is CCCCCOc1cc(N2CCCN([C@@H](C)c3cccc4c3ccn4CC(=O)N(C)C)C2=O)ccc1OC. The third-order valence-electron chi connectivity index (χ3n) is 7.29. The molecule has 1 saturated heterocycles. The molecule has 1 fully saturated rings. The fraction of sp³-hybridized carbons (Fsp3) is 0.467. The van der Waals surface area contributed by atoms with E-state index in [1.54, 1.807) is 26.1 Å². The van der Waals surface area contributed by atoms with Gasteiger partial charge >= 0.3 is 6.03 Å². The molecular weight excluding hydrogens is 480 g/mol. The summed E-state index contributed by atoms with van der Waals surface area (Å²) < 4.78 is 13.5. The average molecular weight is 521 g/mol. The summed E-state index contributed by atoms with van der Waals surface area (Å²) in [6.07, 6.45) is 6.04. The molecule has 2 aromatic carbocycles. The van der Waals surface area contributed by atoms with E-state index in [9.17, 15) is 9.59 Å². The Morgan fingerprint density at radius 1 is 1.08 bits per heavy atom. The van der Waals surface area contributed by atoms with Crippen molar-refractivity contribution in [3.63, 3.8) is 0 Å². The lowest BCUT2D eigenvalue weighted by Crippen LogP contribution is -2.50. The molecular formula is C30H40N4O4. The van der Waals surface area contributed by atoms with E-state index in [1.165, 1.54) is 0 Å². The maximum Gasteiger partial charge on any atom is 0.324 e. The minimum atomic E-state index is -0.127. The van der Waals surface area contributed by atoms with Crippen LogP contribution in [0.1, 0.15) is 51.1 Å². The van der Waals surface area contributed by atoms with Gasteiger partial charge in [0.25, 0.3) is 0 Å². The molecule has 0 N–H and O–H groups in total. The number of likely N-dealkylation sites (N-methyl/N-ethyl adjacent to an activating group) is 1. The molecule has 0 spiro atoms. The first-order chi connectivity index (χ1) is 18.3. The van der Waals surface area contributed by atoms with Gasteiger partial charge in [-0.1, -0.05) is 31.9 Å². The Morgan fingerprint density at radius 2 is 1.89 bits per heavy atom. The van der Waals surface area contributed by atoms with E-state index in [0.717, 1.165) is 47.8 Å². The highest BCUT2D eigenvalue weighted by molar-refractivity contribution is 5.94. The third-order valence-corrected chi connectivity index (χ3v) is 7.29. The molecule has 3 amide bonds. The zero-order valence-corrected chi connectivity index (χ0v) is 23.3. The second-order valence-corrected chi connectivity index (χ2v) is 10.1. The minimum absolute atomic E-state index is 0.0231. The second-order valence-electron chi connectivity index (χ2n) is 10.1. The van der Waals surface area contributed by atoms with Gasteiger partial charge in [0, 0.05) is 56.0 Å². The number of carbonyl (C=O) groups is 2. The number of hydrogen-bond donors (Lipinski definition) is 0. The van der Waals surface area contributed by atoms with Crippen LogP contribution in [0.3, 0.4) is 0 Å². The molecule has 3 aromatic rings. The molecule has 8 nitrogen and oxygen atoms in total. The summed E-state index contributed by atoms with van der Waals surface area (Å²) in [6.45, 7) is 6.48. The summed E-state index contributed by atoms with van der Waals surface area (Å²) in [6, 6.07) is 13.7. The molecule has 0 radical (unpaired) electrons. The van der Waals surface area contributed by atoms with Crippen LogP contribution in [0.5, 0.6) is 11.5 Å². The van der Waals surface area contributed by atoms with Crippen LogP contribution >= 0.6 is 0 Å². The van der Waals surface area contributed by atoms with Crippen molar-refractivity contribution in [3.05, 3.63) is 54.2 Å². The number of benzene rings is 2. The monoisotopic (exact) mass is 520 g/mol. The molecule has 204 valence electrons. The van der Waals surface area contributed by atoms with Crippen LogP contribution in [0.4, 0.5) is 10.5 Å². The molecule has 38 heavy (non-hydrogen) atoms. The van der Waals surface area contributed by atoms with Gasteiger partial charge in [0.05, 0.1) is 19.8 Å². The molecule has 1 aliphatic rings. The van der Waals surface area contributed by atoms with Crippen molar-refractivity contribution < 1.29 is 19.1 Å². The van der Waals surface area contributed by atoms with Crippen LogP contribution < -0.4 is 14.4 Å². The van der Waals surface area contributed by atoms with Crippen molar-refractivity contribution >= 4 is 28.5 Å². The first-order valence-corrected chi connectivity index (χ1v) is 13.5. The topological polar surface area (TPSA) is 67.2 Å². The van der Waals surface area contributed by atoms with E-state index in [2.05, 4.69) is 19.9 Å². The molecule has 4 rings (SSSR count). The summed E-state index contributed by atoms with van der Waals surface area (Å²) in [5.74, 6) is 1.37. The van der Waals surface area contributed by atoms with E-state index >= 15 is 0 Å². The van der Waals surface area contributed by atoms with Crippen molar-refractivity contribution in [3.8, 4) is 11.5 Å². The summed E-state index contributed by atoms with van der Waals surface area (Å²) in [7, 11) is 5.16. The zero-order valence-electron chi connectivity index (χ0n) is 23.3. The quantitative estimate of drug-likeness (QED) is 0.304. The van der Waals surface area contributed by atoms with Gasteiger partial charge in [-0.2, -0.15) is 0 Å². The number of methoxy groups -OCH3 is 1. The van der Waals surface area contributed by atoms with E-state index in [1.807, 2.05) is 57.0 Å². The highest BCUT2D eigenvalue weighted by Gasteiger charge is 2.32. The molecule has 0 aliphatic carbocycles. The van der Waals surface area contributed by atoms with E-state index in [0.29, 0.717) is 31.2 Å². The third kappa shape index (κ3) is 5.74. The smallest absolute Gasteiger partial charge is 0.324 e. The molecule has 1 aromatic heterocycles. The van der Waals surface area contributed by atoms with Crippen LogP contribution in [0.2, 0.25) is 0 Å². The maximum absolute atomic E-state index is 13.8. The van der Waals surface area contributed by atoms with E-state index < -0.39 is 0 Å². The molecule has 0 saturated carbocycles. The average Bonchev–Trinajstić information content (AvgIpc) is 3.33. The first kappa shape index (κ1) is 27.4. The number of anilines is 1. The molecule has 1 atom stereocenters. The molecule has 0 bridgehead atoms. The van der Waals surface area contributed by atoms with E-state index in [4.69, 9.17) is 9.47 Å². The van der Waals surface area contributed by atoms with Crippen LogP contribution in [-0.4, -0.2) is 67.2 Å². The summed E-state index contributed by atoms with van der Waals surface area (Å²) >= 11 is 0. The number of carbonyl (C=O) groups excluding carboxylic acids is 2. The lowest BCUT2D eigenvalue weighted by atomic mass is 10.0. The number of amides is 3. The molecule has 1 aliphatic heterocycles. The Balaban J connectivity index is 1.56. The highest BCUT2D eigenvalue weighted by Crippen LogP contribution is 2.36. The van der Waals surface area contributed by atoms with Gasteiger partial charge in [0.2, 0.25) is 5.91 Å². The molecule has 0 unspecified atom stereocenters. The number of aromatic nitrogens is 1. The number of hydrogen-bond acceptors (Lipinski definition) is 4. The fourth-order valence-corrected chi connectivity index (χ4v) is 5.03. The van der Waals surface area contributed by atoms with Crippen LogP contribution in [0.25, 0.3) is 10.9 Å². The molecule has 2 heterocycles. The van der Waals surface area contributed by atoms with Crippen molar-refractivity contribution in [1.29, 1.82) is 0 Å². The second kappa shape index (κ2) is 12.2. The standard InChI is InChI=1S/C30H40N4O4/c1-6-7-8-19-38-28-20-23(13-14-27(28)37-5)34-17-10-16-33(30(34)36)22(2)24-11-9-12-26-25(24)15-18-32(26)21-29(35)31(3)4/h9,11-15,18,20,22H,6-8,10,16-17,19,21H2,1-5H3/t22-/m0/s1. The van der Waals surface area contributed by atoms with Crippen molar-refractivity contribution in [1.82, 2.24) is 14.4 Å². The number of nitrogens with zero attached hydrogens (tertiary/aromatic N) is 4. The number of fused-ring (bicyclic) bond motifs is 1. The van der Waals surface area contributed by atoms with Gasteiger partial charge in [0.15, 0.2) is 11.5 Å². The van der Waals surface area contributed by atoms with Gasteiger partial charge in [-0.25, -0.2) is 4.79 Å². The number of unbranched alkanes of at least 4 members (excludes halogenated alkanes) is 2. The summed E-state index contributed by atoms with van der Waals surface area (Å²) in [5.41, 5.74) is 2.87. The van der Waals surface area contributed by atoms with Crippen molar-refractivity contribution in [2.75, 3.05) is 45.8 Å². The number of rotatable bonds is 11. The Kier molecular flexibility index (Phi) is 8.81. The van der Waals surface area contributed by atoms with Crippen LogP contribution in [-0.2, 0) is 11.3 Å². The summed E-state index contributed by atoms with van der Waals surface area (Å²) in [5, 5.41) is 1.06. The largest absolute Gasteiger partial charge is 0.493 e. The fourth-order valence-electron chi connectivity index (χ4n) is 5.03. The normalized spacial score (nSPS) is 14.6. The van der Waals surface area contributed by atoms with Gasteiger partial charge in [-0.15, -0.1) is 0 Å². The Bertz CT molecular complexity index is 1270. The zero-order chi connectivity index (χ0) is 27.2. The Morgan fingerprint density at radius 3 is 2.63 bits per heavy atom. The summed E-state index contributed by atoms with van der Waals surface area (Å²) in [4.78, 5) is 31.5. The van der Waals surface area contributed by atoms with Gasteiger partial charge in [-0.05, 0) is 49.6 Å². The van der Waals surface area contributed by atoms with Crippen LogP contribution in [0.15, 0.2) is 48.7 Å². The Labute approximate surface area is 225 Å². The lowest BCUT2D eigenvalue weighted by molar-refractivity contribution is -0.129.